The summed E-state index contributed by atoms with van der Waals surface area (Å²) in [6.07, 6.45) is 1.09. The Balaban J connectivity index is 2.52. The van der Waals surface area contributed by atoms with Gasteiger partial charge in [0.1, 0.15) is 0 Å². The van der Waals surface area contributed by atoms with Gasteiger partial charge in [-0.1, -0.05) is 0 Å². The summed E-state index contributed by atoms with van der Waals surface area (Å²) < 4.78 is 24.5. The number of aliphatic hydroxyl groups is 1. The van der Waals surface area contributed by atoms with E-state index in [1.807, 2.05) is 0 Å². The van der Waals surface area contributed by atoms with E-state index < -0.39 is 10.0 Å². The van der Waals surface area contributed by atoms with Crippen molar-refractivity contribution in [1.29, 1.82) is 0 Å². The van der Waals surface area contributed by atoms with Crippen LogP contribution in [0.5, 0.6) is 0 Å². The Morgan fingerprint density at radius 1 is 1.44 bits per heavy atom. The average Bonchev–Trinajstić information content (AvgIpc) is 2.28. The highest BCUT2D eigenvalue weighted by atomic mass is 32.2. The molecule has 7 heteroatoms. The van der Waals surface area contributed by atoms with Gasteiger partial charge in [0, 0.05) is 26.1 Å². The number of piperidine rings is 1. The van der Waals surface area contributed by atoms with Crippen LogP contribution in [0.3, 0.4) is 0 Å². The molecule has 0 saturated carbocycles. The minimum Gasteiger partial charge on any atom is -0.395 e. The van der Waals surface area contributed by atoms with E-state index in [0.717, 1.165) is 0 Å². The average molecular weight is 250 g/mol. The Morgan fingerprint density at radius 3 is 2.44 bits per heavy atom. The summed E-state index contributed by atoms with van der Waals surface area (Å²) in [4.78, 5) is 11.3. The highest BCUT2D eigenvalue weighted by Gasteiger charge is 2.30. The molecule has 1 heterocycles. The molecule has 1 aliphatic heterocycles. The van der Waals surface area contributed by atoms with Crippen LogP contribution >= 0.6 is 0 Å². The van der Waals surface area contributed by atoms with Gasteiger partial charge in [0.25, 0.3) is 0 Å². The molecule has 6 nitrogen and oxygen atoms in total. The standard InChI is InChI=1S/C9H18N2O4S/c1-10-9(13)8-2-4-11(5-3-8)16(14,15)7-6-12/h8,12H,2-7H2,1H3,(H,10,13). The van der Waals surface area contributed by atoms with Crippen LogP contribution in [0.2, 0.25) is 0 Å². The highest BCUT2D eigenvalue weighted by Crippen LogP contribution is 2.19. The van der Waals surface area contributed by atoms with Crippen LogP contribution in [0, 0.1) is 5.92 Å². The van der Waals surface area contributed by atoms with Gasteiger partial charge < -0.3 is 10.4 Å². The molecule has 0 spiro atoms. The number of hydrogen-bond acceptors (Lipinski definition) is 4. The normalized spacial score (nSPS) is 19.6. The van der Waals surface area contributed by atoms with Crippen LogP contribution in [0.15, 0.2) is 0 Å². The fourth-order valence-electron chi connectivity index (χ4n) is 1.84. The Morgan fingerprint density at radius 2 is 2.00 bits per heavy atom. The van der Waals surface area contributed by atoms with E-state index >= 15 is 0 Å². The number of nitrogens with one attached hydrogen (secondary N) is 1. The van der Waals surface area contributed by atoms with E-state index in [1.54, 1.807) is 7.05 Å². The molecule has 0 aromatic carbocycles. The van der Waals surface area contributed by atoms with Gasteiger partial charge in [-0.2, -0.15) is 0 Å². The fraction of sp³-hybridized carbons (Fsp3) is 0.889. The molecule has 0 radical (unpaired) electrons. The molecule has 0 aromatic heterocycles. The van der Waals surface area contributed by atoms with E-state index in [-0.39, 0.29) is 24.2 Å². The number of rotatable bonds is 4. The van der Waals surface area contributed by atoms with E-state index in [9.17, 15) is 13.2 Å². The van der Waals surface area contributed by atoms with Crippen molar-refractivity contribution in [3.63, 3.8) is 0 Å². The van der Waals surface area contributed by atoms with Crippen molar-refractivity contribution in [2.75, 3.05) is 32.5 Å². The first-order valence-electron chi connectivity index (χ1n) is 5.31. The second kappa shape index (κ2) is 5.60. The smallest absolute Gasteiger partial charge is 0.222 e. The number of carbonyl (C=O) groups is 1. The van der Waals surface area contributed by atoms with Gasteiger partial charge >= 0.3 is 0 Å². The van der Waals surface area contributed by atoms with Crippen molar-refractivity contribution in [2.24, 2.45) is 5.92 Å². The van der Waals surface area contributed by atoms with E-state index in [4.69, 9.17) is 5.11 Å². The largest absolute Gasteiger partial charge is 0.395 e. The number of carbonyl (C=O) groups excluding carboxylic acids is 1. The van der Waals surface area contributed by atoms with Crippen LogP contribution in [0.25, 0.3) is 0 Å². The molecular formula is C9H18N2O4S. The van der Waals surface area contributed by atoms with E-state index in [2.05, 4.69) is 5.32 Å². The third-order valence-electron chi connectivity index (χ3n) is 2.81. The summed E-state index contributed by atoms with van der Waals surface area (Å²) >= 11 is 0. The maximum absolute atomic E-state index is 11.6. The summed E-state index contributed by atoms with van der Waals surface area (Å²) in [5, 5.41) is 11.2. The molecule has 0 aromatic rings. The summed E-state index contributed by atoms with van der Waals surface area (Å²) in [5.74, 6) is -0.359. The number of sulfonamides is 1. The monoisotopic (exact) mass is 250 g/mol. The zero-order chi connectivity index (χ0) is 12.2. The lowest BCUT2D eigenvalue weighted by Crippen LogP contribution is -2.43. The first kappa shape index (κ1) is 13.4. The molecule has 1 aliphatic rings. The van der Waals surface area contributed by atoms with Crippen molar-refractivity contribution in [3.8, 4) is 0 Å². The Bertz CT molecular complexity index is 333. The number of aliphatic hydroxyl groups excluding tert-OH is 1. The second-order valence-electron chi connectivity index (χ2n) is 3.83. The minimum atomic E-state index is -3.34. The molecule has 1 amide bonds. The van der Waals surface area contributed by atoms with E-state index in [0.29, 0.717) is 25.9 Å². The predicted molar refractivity (Wildman–Crippen MR) is 59.2 cm³/mol. The van der Waals surface area contributed by atoms with Crippen LogP contribution in [0.1, 0.15) is 12.8 Å². The predicted octanol–water partition coefficient (Wildman–Crippen LogP) is -1.23. The summed E-state index contributed by atoms with van der Waals surface area (Å²) in [5.41, 5.74) is 0. The molecule has 1 rings (SSSR count). The Labute approximate surface area is 95.7 Å². The first-order chi connectivity index (χ1) is 7.51. The molecule has 94 valence electrons. The van der Waals surface area contributed by atoms with Gasteiger partial charge in [-0.05, 0) is 12.8 Å². The van der Waals surface area contributed by atoms with Crippen molar-refractivity contribution in [2.45, 2.75) is 12.8 Å². The molecule has 0 bridgehead atoms. The maximum Gasteiger partial charge on any atom is 0.222 e. The summed E-state index contributed by atoms with van der Waals surface area (Å²) in [7, 11) is -1.76. The number of nitrogens with zero attached hydrogens (tertiary/aromatic N) is 1. The van der Waals surface area contributed by atoms with Crippen LogP contribution in [-0.4, -0.2) is 56.2 Å². The van der Waals surface area contributed by atoms with E-state index in [1.165, 1.54) is 4.31 Å². The topological polar surface area (TPSA) is 86.7 Å². The lowest BCUT2D eigenvalue weighted by atomic mass is 9.97. The third-order valence-corrected chi connectivity index (χ3v) is 4.66. The zero-order valence-corrected chi connectivity index (χ0v) is 10.2. The number of amides is 1. The number of hydrogen-bond donors (Lipinski definition) is 2. The van der Waals surface area contributed by atoms with Crippen LogP contribution in [-0.2, 0) is 14.8 Å². The summed E-state index contributed by atoms with van der Waals surface area (Å²) in [6, 6.07) is 0. The molecule has 1 saturated heterocycles. The second-order valence-corrected chi connectivity index (χ2v) is 5.92. The Kier molecular flexibility index (Phi) is 4.69. The van der Waals surface area contributed by atoms with Crippen LogP contribution in [0.4, 0.5) is 0 Å². The van der Waals surface area contributed by atoms with Gasteiger partial charge in [-0.3, -0.25) is 4.79 Å². The van der Waals surface area contributed by atoms with Crippen molar-refractivity contribution in [1.82, 2.24) is 9.62 Å². The minimum absolute atomic E-state index is 0.0285. The quantitative estimate of drug-likeness (QED) is 0.654. The lowest BCUT2D eigenvalue weighted by Gasteiger charge is -2.30. The molecule has 1 fully saturated rings. The molecular weight excluding hydrogens is 232 g/mol. The Hall–Kier alpha value is -0.660. The molecule has 0 unspecified atom stereocenters. The van der Waals surface area contributed by atoms with Crippen molar-refractivity contribution in [3.05, 3.63) is 0 Å². The third kappa shape index (κ3) is 3.16. The molecule has 0 atom stereocenters. The fourth-order valence-corrected chi connectivity index (χ4v) is 3.10. The zero-order valence-electron chi connectivity index (χ0n) is 9.35. The summed E-state index contributed by atoms with van der Waals surface area (Å²) in [6.45, 7) is 0.360. The van der Waals surface area contributed by atoms with Gasteiger partial charge in [0.05, 0.1) is 12.4 Å². The van der Waals surface area contributed by atoms with Gasteiger partial charge in [0.2, 0.25) is 15.9 Å². The van der Waals surface area contributed by atoms with Gasteiger partial charge in [-0.25, -0.2) is 12.7 Å². The van der Waals surface area contributed by atoms with Gasteiger partial charge in [-0.15, -0.1) is 0 Å². The highest BCUT2D eigenvalue weighted by molar-refractivity contribution is 7.89. The SMILES string of the molecule is CNC(=O)C1CCN(S(=O)(=O)CCO)CC1. The van der Waals surface area contributed by atoms with Gasteiger partial charge in [0.15, 0.2) is 0 Å². The molecule has 0 aliphatic carbocycles. The first-order valence-corrected chi connectivity index (χ1v) is 6.92. The van der Waals surface area contributed by atoms with Crippen LogP contribution < -0.4 is 5.32 Å². The van der Waals surface area contributed by atoms with Crippen molar-refractivity contribution < 1.29 is 18.3 Å². The molecule has 16 heavy (non-hydrogen) atoms. The maximum atomic E-state index is 11.6. The molecule has 2 N–H and O–H groups in total. The van der Waals surface area contributed by atoms with Crippen molar-refractivity contribution >= 4 is 15.9 Å². The lowest BCUT2D eigenvalue weighted by molar-refractivity contribution is -0.125.